The second-order valence-corrected chi connectivity index (χ2v) is 12.2. The van der Waals surface area contributed by atoms with Gasteiger partial charge in [0.25, 0.3) is 0 Å². The zero-order valence-electron chi connectivity index (χ0n) is 23.0. The molecule has 1 aliphatic rings. The topological polar surface area (TPSA) is 125 Å². The molecule has 218 valence electrons. The van der Waals surface area contributed by atoms with E-state index in [1.807, 2.05) is 31.2 Å². The lowest BCUT2D eigenvalue weighted by atomic mass is 9.85. The number of aliphatic carboxylic acids is 1. The number of amides is 1. The number of halogens is 1. The van der Waals surface area contributed by atoms with Crippen LogP contribution in [-0.2, 0) is 26.0 Å². The van der Waals surface area contributed by atoms with E-state index in [4.69, 9.17) is 5.11 Å². The fraction of sp³-hybridized carbons (Fsp3) is 0.355. The van der Waals surface area contributed by atoms with Gasteiger partial charge in [-0.25, -0.2) is 17.5 Å². The number of carboxylic acids is 1. The molecular formula is C31H36FN3O5S. The van der Waals surface area contributed by atoms with Crippen LogP contribution in [0.3, 0.4) is 0 Å². The van der Waals surface area contributed by atoms with Gasteiger partial charge in [-0.3, -0.25) is 9.59 Å². The first kappa shape index (κ1) is 30.4. The Balaban J connectivity index is 1.28. The van der Waals surface area contributed by atoms with E-state index >= 15 is 0 Å². The minimum absolute atomic E-state index is 0.0701. The van der Waals surface area contributed by atoms with E-state index in [2.05, 4.69) is 15.4 Å². The number of sulfonamides is 1. The van der Waals surface area contributed by atoms with Crippen LogP contribution in [0, 0.1) is 11.7 Å². The second-order valence-electron chi connectivity index (χ2n) is 10.5. The molecule has 3 aromatic carbocycles. The predicted molar refractivity (Wildman–Crippen MR) is 155 cm³/mol. The van der Waals surface area contributed by atoms with Crippen molar-refractivity contribution < 1.29 is 27.5 Å². The first-order chi connectivity index (χ1) is 19.6. The van der Waals surface area contributed by atoms with Crippen molar-refractivity contribution in [3.8, 4) is 11.1 Å². The average Bonchev–Trinajstić information content (AvgIpc) is 2.96. The van der Waals surface area contributed by atoms with E-state index in [0.29, 0.717) is 38.6 Å². The molecule has 0 radical (unpaired) electrons. The van der Waals surface area contributed by atoms with Gasteiger partial charge in [0.2, 0.25) is 15.9 Å². The molecular weight excluding hydrogens is 545 g/mol. The summed E-state index contributed by atoms with van der Waals surface area (Å²) in [6, 6.07) is 20.2. The first-order valence-corrected chi connectivity index (χ1v) is 15.3. The maximum Gasteiger partial charge on any atom is 0.317 e. The van der Waals surface area contributed by atoms with Gasteiger partial charge in [-0.2, -0.15) is 0 Å². The van der Waals surface area contributed by atoms with E-state index in [1.165, 1.54) is 12.1 Å². The van der Waals surface area contributed by atoms with Crippen LogP contribution in [0.5, 0.6) is 0 Å². The standard InChI is InChI=1S/C31H36FN3O5S/c1-21(23-5-11-27(32)12-6-23)34-31(38)25-7-13-28(14-8-25)35-41(39,40)29-15-9-24(10-16-29)26-4-2-3-22(19-26)17-18-33-20-30(36)37/h2-6,9-12,15-16,19,21,25,28,33,35H,7-8,13-14,17-18,20H2,1H3,(H,34,38)(H,36,37)/t21-,25?,28?/m1/s1. The summed E-state index contributed by atoms with van der Waals surface area (Å²) >= 11 is 0. The highest BCUT2D eigenvalue weighted by Gasteiger charge is 2.29. The zero-order valence-corrected chi connectivity index (χ0v) is 23.8. The molecule has 0 aliphatic heterocycles. The molecule has 0 spiro atoms. The van der Waals surface area contributed by atoms with Gasteiger partial charge in [-0.05, 0) is 92.1 Å². The molecule has 10 heteroatoms. The summed E-state index contributed by atoms with van der Waals surface area (Å²) in [5.41, 5.74) is 3.70. The Bertz CT molecular complexity index is 1440. The lowest BCUT2D eigenvalue weighted by molar-refractivity contribution is -0.136. The van der Waals surface area contributed by atoms with Crippen molar-refractivity contribution in [2.45, 2.75) is 56.0 Å². The molecule has 4 rings (SSSR count). The SMILES string of the molecule is C[C@@H](NC(=O)C1CCC(NS(=O)(=O)c2ccc(-c3cccc(CCNCC(=O)O)c3)cc2)CC1)c1ccc(F)cc1. The highest BCUT2D eigenvalue weighted by atomic mass is 32.2. The van der Waals surface area contributed by atoms with Crippen molar-refractivity contribution in [1.29, 1.82) is 0 Å². The van der Waals surface area contributed by atoms with Crippen LogP contribution < -0.4 is 15.4 Å². The molecule has 0 bridgehead atoms. The third kappa shape index (κ3) is 8.69. The molecule has 0 saturated heterocycles. The summed E-state index contributed by atoms with van der Waals surface area (Å²) in [4.78, 5) is 23.6. The van der Waals surface area contributed by atoms with Crippen molar-refractivity contribution in [2.24, 2.45) is 5.92 Å². The molecule has 4 N–H and O–H groups in total. The minimum Gasteiger partial charge on any atom is -0.480 e. The third-order valence-electron chi connectivity index (χ3n) is 7.44. The molecule has 0 heterocycles. The van der Waals surface area contributed by atoms with Gasteiger partial charge < -0.3 is 15.7 Å². The van der Waals surface area contributed by atoms with Crippen LogP contribution in [0.2, 0.25) is 0 Å². The number of nitrogens with one attached hydrogen (secondary N) is 3. The first-order valence-electron chi connectivity index (χ1n) is 13.8. The lowest BCUT2D eigenvalue weighted by Gasteiger charge is -2.29. The Morgan fingerprint density at radius 2 is 1.63 bits per heavy atom. The molecule has 41 heavy (non-hydrogen) atoms. The third-order valence-corrected chi connectivity index (χ3v) is 8.98. The zero-order chi connectivity index (χ0) is 29.4. The molecule has 0 unspecified atom stereocenters. The van der Waals surface area contributed by atoms with Gasteiger partial charge in [-0.1, -0.05) is 48.5 Å². The van der Waals surface area contributed by atoms with Crippen LogP contribution in [0.25, 0.3) is 11.1 Å². The summed E-state index contributed by atoms with van der Waals surface area (Å²) in [5.74, 6) is -1.48. The molecule has 1 amide bonds. The van der Waals surface area contributed by atoms with Gasteiger partial charge in [0.05, 0.1) is 17.5 Å². The van der Waals surface area contributed by atoms with Gasteiger partial charge in [0, 0.05) is 12.0 Å². The smallest absolute Gasteiger partial charge is 0.317 e. The molecule has 1 saturated carbocycles. The van der Waals surface area contributed by atoms with E-state index in [9.17, 15) is 22.4 Å². The second kappa shape index (κ2) is 13.8. The van der Waals surface area contributed by atoms with E-state index in [1.54, 1.807) is 36.4 Å². The lowest BCUT2D eigenvalue weighted by Crippen LogP contribution is -2.41. The van der Waals surface area contributed by atoms with E-state index < -0.39 is 16.0 Å². The van der Waals surface area contributed by atoms with Crippen LogP contribution in [-0.4, -0.2) is 44.5 Å². The van der Waals surface area contributed by atoms with E-state index in [-0.39, 0.29) is 41.2 Å². The molecule has 8 nitrogen and oxygen atoms in total. The summed E-state index contributed by atoms with van der Waals surface area (Å²) in [6.45, 7) is 2.31. The summed E-state index contributed by atoms with van der Waals surface area (Å²) in [7, 11) is -3.72. The Hall–Kier alpha value is -3.60. The fourth-order valence-electron chi connectivity index (χ4n) is 5.09. The summed E-state index contributed by atoms with van der Waals surface area (Å²) < 4.78 is 42.1. The number of carboxylic acid groups (broad SMARTS) is 1. The highest BCUT2D eigenvalue weighted by Crippen LogP contribution is 2.28. The molecule has 1 fully saturated rings. The van der Waals surface area contributed by atoms with E-state index in [0.717, 1.165) is 22.3 Å². The van der Waals surface area contributed by atoms with Crippen molar-refractivity contribution >= 4 is 21.9 Å². The normalized spacial score (nSPS) is 18.0. The molecule has 3 aromatic rings. The van der Waals surface area contributed by atoms with Crippen LogP contribution in [0.1, 0.15) is 49.8 Å². The number of hydrogen-bond donors (Lipinski definition) is 4. The number of carbonyl (C=O) groups is 2. The van der Waals surface area contributed by atoms with Crippen LogP contribution in [0.4, 0.5) is 4.39 Å². The van der Waals surface area contributed by atoms with Crippen molar-refractivity contribution in [3.05, 3.63) is 89.7 Å². The Morgan fingerprint density at radius 3 is 2.29 bits per heavy atom. The Kier molecular flexibility index (Phi) is 10.3. The summed E-state index contributed by atoms with van der Waals surface area (Å²) in [6.07, 6.45) is 2.96. The van der Waals surface area contributed by atoms with Crippen molar-refractivity contribution in [1.82, 2.24) is 15.4 Å². The van der Waals surface area contributed by atoms with Crippen LogP contribution in [0.15, 0.2) is 77.7 Å². The number of carbonyl (C=O) groups excluding carboxylic acids is 1. The number of benzene rings is 3. The van der Waals surface area contributed by atoms with Crippen molar-refractivity contribution in [3.63, 3.8) is 0 Å². The molecule has 1 atom stereocenters. The average molecular weight is 582 g/mol. The number of hydrogen-bond acceptors (Lipinski definition) is 5. The largest absolute Gasteiger partial charge is 0.480 e. The monoisotopic (exact) mass is 581 g/mol. The highest BCUT2D eigenvalue weighted by molar-refractivity contribution is 7.89. The van der Waals surface area contributed by atoms with Gasteiger partial charge in [0.15, 0.2) is 0 Å². The minimum atomic E-state index is -3.72. The molecule has 1 aliphatic carbocycles. The quantitative estimate of drug-likeness (QED) is 0.235. The van der Waals surface area contributed by atoms with Crippen LogP contribution >= 0.6 is 0 Å². The van der Waals surface area contributed by atoms with Gasteiger partial charge in [0.1, 0.15) is 5.82 Å². The summed E-state index contributed by atoms with van der Waals surface area (Å²) in [5, 5.41) is 14.6. The predicted octanol–water partition coefficient (Wildman–Crippen LogP) is 4.42. The van der Waals surface area contributed by atoms with Gasteiger partial charge >= 0.3 is 5.97 Å². The Morgan fingerprint density at radius 1 is 0.951 bits per heavy atom. The molecule has 0 aromatic heterocycles. The van der Waals surface area contributed by atoms with Crippen molar-refractivity contribution in [2.75, 3.05) is 13.1 Å². The number of rotatable bonds is 12. The maximum absolute atomic E-state index is 13.2. The Labute approximate surface area is 240 Å². The maximum atomic E-state index is 13.2. The fourth-order valence-corrected chi connectivity index (χ4v) is 6.39. The van der Waals surface area contributed by atoms with Gasteiger partial charge in [-0.15, -0.1) is 0 Å².